The number of hydrogen-bond donors (Lipinski definition) is 2. The first-order chi connectivity index (χ1) is 15.9. The lowest BCUT2D eigenvalue weighted by Gasteiger charge is -2.11. The molecule has 33 heavy (non-hydrogen) atoms. The second-order valence-corrected chi connectivity index (χ2v) is 9.04. The third-order valence-corrected chi connectivity index (χ3v) is 6.62. The molecule has 0 aliphatic heterocycles. The van der Waals surface area contributed by atoms with E-state index in [4.69, 9.17) is 4.98 Å². The maximum Gasteiger partial charge on any atom is 0.329 e. The summed E-state index contributed by atoms with van der Waals surface area (Å²) in [6, 6.07) is 14.7. The van der Waals surface area contributed by atoms with Crippen molar-refractivity contribution in [1.82, 2.24) is 24.4 Å². The number of benzene rings is 2. The van der Waals surface area contributed by atoms with Crippen molar-refractivity contribution in [2.45, 2.75) is 52.1 Å². The van der Waals surface area contributed by atoms with Crippen LogP contribution in [0.1, 0.15) is 50.0 Å². The molecule has 1 aliphatic carbocycles. The van der Waals surface area contributed by atoms with Gasteiger partial charge < -0.3 is 10.3 Å². The van der Waals surface area contributed by atoms with E-state index in [1.54, 1.807) is 4.57 Å². The lowest BCUT2D eigenvalue weighted by Crippen LogP contribution is -2.24. The van der Waals surface area contributed by atoms with Crippen molar-refractivity contribution in [2.24, 2.45) is 7.05 Å². The van der Waals surface area contributed by atoms with Gasteiger partial charge in [0, 0.05) is 31.1 Å². The minimum Gasteiger partial charge on any atom is -0.349 e. The first-order valence-electron chi connectivity index (χ1n) is 11.5. The van der Waals surface area contributed by atoms with Gasteiger partial charge in [-0.05, 0) is 38.0 Å². The lowest BCUT2D eigenvalue weighted by atomic mass is 10.0. The summed E-state index contributed by atoms with van der Waals surface area (Å²) in [7, 11) is 1.84. The number of imidazole rings is 2. The molecule has 1 amide bonds. The van der Waals surface area contributed by atoms with Crippen molar-refractivity contribution in [1.29, 1.82) is 0 Å². The molecule has 0 radical (unpaired) electrons. The largest absolute Gasteiger partial charge is 0.349 e. The molecule has 0 atom stereocenters. The van der Waals surface area contributed by atoms with Crippen LogP contribution < -0.4 is 11.0 Å². The molecule has 7 heteroatoms. The summed E-state index contributed by atoms with van der Waals surface area (Å²) >= 11 is 0. The monoisotopic (exact) mass is 443 g/mol. The van der Waals surface area contributed by atoms with Crippen LogP contribution in [0.4, 0.5) is 0 Å². The van der Waals surface area contributed by atoms with E-state index in [1.807, 2.05) is 23.7 Å². The number of fused-ring (bicyclic) bond motifs is 1. The number of carbonyl (C=O) groups excluding carboxylic acids is 1. The molecule has 0 saturated heterocycles. The Labute approximate surface area is 192 Å². The van der Waals surface area contributed by atoms with Crippen LogP contribution >= 0.6 is 0 Å². The predicted molar refractivity (Wildman–Crippen MR) is 130 cm³/mol. The number of carbonyl (C=O) groups is 1. The number of rotatable bonds is 5. The first kappa shape index (κ1) is 21.2. The fourth-order valence-corrected chi connectivity index (χ4v) is 4.96. The van der Waals surface area contributed by atoms with Crippen molar-refractivity contribution >= 4 is 16.9 Å². The van der Waals surface area contributed by atoms with Crippen LogP contribution in [0.25, 0.3) is 33.5 Å². The van der Waals surface area contributed by atoms with E-state index in [0.717, 1.165) is 52.0 Å². The zero-order valence-electron chi connectivity index (χ0n) is 19.3. The number of aromatic amines is 1. The quantitative estimate of drug-likeness (QED) is 0.478. The Balaban J connectivity index is 1.64. The number of aryl methyl sites for hydroxylation is 2. The molecule has 0 spiro atoms. The normalized spacial score (nSPS) is 14.3. The Morgan fingerprint density at radius 3 is 2.64 bits per heavy atom. The number of H-pyrrole nitrogens is 1. The van der Waals surface area contributed by atoms with Gasteiger partial charge in [0.15, 0.2) is 0 Å². The summed E-state index contributed by atoms with van der Waals surface area (Å²) < 4.78 is 3.72. The van der Waals surface area contributed by atoms with Crippen LogP contribution in [0.3, 0.4) is 0 Å². The molecule has 2 aromatic carbocycles. The summed E-state index contributed by atoms with van der Waals surface area (Å²) in [6.45, 7) is 3.88. The summed E-state index contributed by atoms with van der Waals surface area (Å²) in [4.78, 5) is 32.7. The standard InChI is InChI=1S/C26H29N5O2/c1-16-7-6-8-18(13-16)24-25(29-23(28-24)15-27-17(2)32)19-11-12-21-22(14-19)30(3)26(33)31(21)20-9-4-5-10-20/h6-8,11-14,20H,4-5,9-10,15H2,1-3H3,(H,27,32)(H,28,29). The minimum absolute atomic E-state index is 0.0453. The van der Waals surface area contributed by atoms with E-state index < -0.39 is 0 Å². The fourth-order valence-electron chi connectivity index (χ4n) is 4.96. The van der Waals surface area contributed by atoms with Crippen LogP contribution in [0.15, 0.2) is 47.3 Å². The Bertz CT molecular complexity index is 1400. The van der Waals surface area contributed by atoms with Crippen molar-refractivity contribution < 1.29 is 4.79 Å². The number of nitrogens with one attached hydrogen (secondary N) is 2. The third kappa shape index (κ3) is 3.88. The lowest BCUT2D eigenvalue weighted by molar-refractivity contribution is -0.119. The van der Waals surface area contributed by atoms with E-state index in [0.29, 0.717) is 12.4 Å². The summed E-state index contributed by atoms with van der Waals surface area (Å²) in [6.07, 6.45) is 4.48. The maximum absolute atomic E-state index is 13.1. The molecular formula is C26H29N5O2. The minimum atomic E-state index is -0.102. The molecular weight excluding hydrogens is 414 g/mol. The van der Waals surface area contributed by atoms with Gasteiger partial charge in [-0.15, -0.1) is 0 Å². The van der Waals surface area contributed by atoms with Crippen molar-refractivity contribution in [3.63, 3.8) is 0 Å². The highest BCUT2D eigenvalue weighted by Crippen LogP contribution is 2.35. The molecule has 1 aliphatic rings. The Morgan fingerprint density at radius 1 is 1.12 bits per heavy atom. The van der Waals surface area contributed by atoms with Crippen LogP contribution in [0.2, 0.25) is 0 Å². The van der Waals surface area contributed by atoms with Gasteiger partial charge in [-0.25, -0.2) is 9.78 Å². The molecule has 5 rings (SSSR count). The van der Waals surface area contributed by atoms with Crippen molar-refractivity contribution in [3.8, 4) is 22.5 Å². The van der Waals surface area contributed by atoms with E-state index in [2.05, 4.69) is 47.6 Å². The second-order valence-electron chi connectivity index (χ2n) is 9.04. The van der Waals surface area contributed by atoms with E-state index in [9.17, 15) is 9.59 Å². The molecule has 4 aromatic rings. The van der Waals surface area contributed by atoms with E-state index >= 15 is 0 Å². The smallest absolute Gasteiger partial charge is 0.329 e. The van der Waals surface area contributed by atoms with Gasteiger partial charge in [0.1, 0.15) is 5.82 Å². The Hall–Kier alpha value is -3.61. The number of nitrogens with zero attached hydrogens (tertiary/aromatic N) is 3. The van der Waals surface area contributed by atoms with Crippen LogP contribution in [0.5, 0.6) is 0 Å². The number of hydrogen-bond acceptors (Lipinski definition) is 3. The summed E-state index contributed by atoms with van der Waals surface area (Å²) in [5.74, 6) is 0.587. The number of aromatic nitrogens is 4. The van der Waals surface area contributed by atoms with Crippen molar-refractivity contribution in [3.05, 3.63) is 64.3 Å². The molecule has 2 N–H and O–H groups in total. The van der Waals surface area contributed by atoms with Gasteiger partial charge >= 0.3 is 5.69 Å². The van der Waals surface area contributed by atoms with Crippen molar-refractivity contribution in [2.75, 3.05) is 0 Å². The fraction of sp³-hybridized carbons (Fsp3) is 0.346. The summed E-state index contributed by atoms with van der Waals surface area (Å²) in [5, 5.41) is 2.82. The van der Waals surface area contributed by atoms with E-state index in [-0.39, 0.29) is 17.6 Å². The number of amides is 1. The molecule has 0 bridgehead atoms. The van der Waals surface area contributed by atoms with Gasteiger partial charge in [-0.3, -0.25) is 13.9 Å². The topological polar surface area (TPSA) is 84.7 Å². The molecule has 170 valence electrons. The molecule has 0 unspecified atom stereocenters. The zero-order valence-corrected chi connectivity index (χ0v) is 19.3. The second kappa shape index (κ2) is 8.39. The predicted octanol–water partition coefficient (Wildman–Crippen LogP) is 4.46. The first-order valence-corrected chi connectivity index (χ1v) is 11.5. The highest BCUT2D eigenvalue weighted by molar-refractivity contribution is 5.86. The summed E-state index contributed by atoms with van der Waals surface area (Å²) in [5.41, 5.74) is 6.77. The Kier molecular flexibility index (Phi) is 5.40. The van der Waals surface area contributed by atoms with Crippen LogP contribution in [-0.2, 0) is 18.4 Å². The SMILES string of the molecule is CC(=O)NCc1nc(-c2cccc(C)c2)c(-c2ccc3c(c2)n(C)c(=O)n3C2CCCC2)[nH]1. The molecule has 1 fully saturated rings. The van der Waals surface area contributed by atoms with Gasteiger partial charge in [0.2, 0.25) is 5.91 Å². The molecule has 2 heterocycles. The molecule has 1 saturated carbocycles. The zero-order chi connectivity index (χ0) is 23.1. The average Bonchev–Trinajstić information content (AvgIpc) is 3.52. The third-order valence-electron chi connectivity index (χ3n) is 6.62. The van der Waals surface area contributed by atoms with Gasteiger partial charge in [-0.1, -0.05) is 42.7 Å². The molecule has 2 aromatic heterocycles. The molecule has 7 nitrogen and oxygen atoms in total. The van der Waals surface area contributed by atoms with Gasteiger partial charge in [0.05, 0.1) is 29.0 Å². The Morgan fingerprint density at radius 2 is 1.91 bits per heavy atom. The highest BCUT2D eigenvalue weighted by Gasteiger charge is 2.23. The maximum atomic E-state index is 13.1. The highest BCUT2D eigenvalue weighted by atomic mass is 16.2. The van der Waals surface area contributed by atoms with Crippen LogP contribution in [0, 0.1) is 6.92 Å². The van der Waals surface area contributed by atoms with E-state index in [1.165, 1.54) is 19.8 Å². The van der Waals surface area contributed by atoms with Gasteiger partial charge in [-0.2, -0.15) is 0 Å². The van der Waals surface area contributed by atoms with Crippen LogP contribution in [-0.4, -0.2) is 25.0 Å². The average molecular weight is 444 g/mol. The van der Waals surface area contributed by atoms with Gasteiger partial charge in [0.25, 0.3) is 0 Å².